The number of nitrogens with zero attached hydrogens (tertiary/aromatic N) is 2. The highest BCUT2D eigenvalue weighted by molar-refractivity contribution is 5.06. The minimum absolute atomic E-state index is 0.0682. The van der Waals surface area contributed by atoms with E-state index in [-0.39, 0.29) is 5.82 Å². The van der Waals surface area contributed by atoms with Crippen LogP contribution in [0.1, 0.15) is 24.6 Å². The smallest absolute Gasteiger partial charge is 0.329 e. The fourth-order valence-corrected chi connectivity index (χ4v) is 1.64. The third-order valence-electron chi connectivity index (χ3n) is 2.61. The van der Waals surface area contributed by atoms with Gasteiger partial charge in [0.15, 0.2) is 5.82 Å². The van der Waals surface area contributed by atoms with Gasteiger partial charge in [0.05, 0.1) is 5.54 Å². The molecule has 0 unspecified atom stereocenters. The number of rotatable bonds is 1. The van der Waals surface area contributed by atoms with Crippen molar-refractivity contribution in [3.8, 4) is 0 Å². The van der Waals surface area contributed by atoms with Crippen molar-refractivity contribution in [2.45, 2.75) is 24.6 Å². The molecular formula is C8H11F3N4O. The van der Waals surface area contributed by atoms with Gasteiger partial charge >= 0.3 is 12.1 Å². The molecule has 1 aliphatic rings. The highest BCUT2D eigenvalue weighted by atomic mass is 19.4. The van der Waals surface area contributed by atoms with Crippen LogP contribution < -0.4 is 11.1 Å². The fourth-order valence-electron chi connectivity index (χ4n) is 1.64. The lowest BCUT2D eigenvalue weighted by atomic mass is 9.89. The van der Waals surface area contributed by atoms with Crippen molar-refractivity contribution in [3.63, 3.8) is 0 Å². The molecule has 2 rings (SSSR count). The van der Waals surface area contributed by atoms with E-state index in [1.807, 2.05) is 0 Å². The Morgan fingerprint density at radius 3 is 2.44 bits per heavy atom. The Morgan fingerprint density at radius 2 is 1.94 bits per heavy atom. The van der Waals surface area contributed by atoms with Crippen LogP contribution in [0.2, 0.25) is 0 Å². The second-order valence-corrected chi connectivity index (χ2v) is 3.83. The molecule has 2 heterocycles. The maximum atomic E-state index is 12.2. The molecule has 90 valence electrons. The standard InChI is InChI=1S/C8H11F3N4O/c9-8(10,11)6-14-5(15-16-6)7(12)1-3-13-4-2-7/h13H,1-4,12H2. The molecule has 1 aliphatic heterocycles. The summed E-state index contributed by atoms with van der Waals surface area (Å²) in [5, 5.41) is 6.38. The first kappa shape index (κ1) is 11.3. The molecule has 0 aliphatic carbocycles. The summed E-state index contributed by atoms with van der Waals surface area (Å²) in [5.74, 6) is -1.41. The van der Waals surface area contributed by atoms with Gasteiger partial charge in [-0.05, 0) is 25.9 Å². The zero-order valence-corrected chi connectivity index (χ0v) is 8.34. The molecule has 0 spiro atoms. The molecule has 1 aromatic rings. The first-order valence-electron chi connectivity index (χ1n) is 4.83. The lowest BCUT2D eigenvalue weighted by Crippen LogP contribution is -2.47. The van der Waals surface area contributed by atoms with E-state index in [0.717, 1.165) is 0 Å². The molecule has 16 heavy (non-hydrogen) atoms. The van der Waals surface area contributed by atoms with E-state index in [2.05, 4.69) is 20.0 Å². The molecule has 0 aromatic carbocycles. The highest BCUT2D eigenvalue weighted by Crippen LogP contribution is 2.31. The van der Waals surface area contributed by atoms with Crippen LogP contribution in [0.5, 0.6) is 0 Å². The molecule has 3 N–H and O–H groups in total. The van der Waals surface area contributed by atoms with Crippen molar-refractivity contribution in [3.05, 3.63) is 11.7 Å². The van der Waals surface area contributed by atoms with Gasteiger partial charge in [-0.25, -0.2) is 0 Å². The minimum Gasteiger partial charge on any atom is -0.329 e. The molecule has 0 bridgehead atoms. The van der Waals surface area contributed by atoms with Crippen LogP contribution in [0.25, 0.3) is 0 Å². The summed E-state index contributed by atoms with van der Waals surface area (Å²) in [4.78, 5) is 3.32. The van der Waals surface area contributed by atoms with Gasteiger partial charge in [0.2, 0.25) is 0 Å². The predicted octanol–water partition coefficient (Wildman–Crippen LogP) is 0.626. The van der Waals surface area contributed by atoms with E-state index in [4.69, 9.17) is 5.73 Å². The van der Waals surface area contributed by atoms with Crippen LogP contribution in [-0.2, 0) is 11.7 Å². The van der Waals surface area contributed by atoms with Crippen LogP contribution >= 0.6 is 0 Å². The summed E-state index contributed by atoms with van der Waals surface area (Å²) < 4.78 is 40.9. The first-order valence-corrected chi connectivity index (χ1v) is 4.83. The SMILES string of the molecule is NC1(c2noc(C(F)(F)F)n2)CCNCC1. The van der Waals surface area contributed by atoms with Gasteiger partial charge in [0.1, 0.15) is 0 Å². The zero-order chi connectivity index (χ0) is 11.8. The Morgan fingerprint density at radius 1 is 1.31 bits per heavy atom. The number of nitrogens with two attached hydrogens (primary N) is 1. The van der Waals surface area contributed by atoms with Crippen molar-refractivity contribution in [1.82, 2.24) is 15.5 Å². The second-order valence-electron chi connectivity index (χ2n) is 3.83. The molecule has 0 atom stereocenters. The van der Waals surface area contributed by atoms with E-state index in [1.54, 1.807) is 0 Å². The van der Waals surface area contributed by atoms with Crippen molar-refractivity contribution in [1.29, 1.82) is 0 Å². The van der Waals surface area contributed by atoms with Crippen LogP contribution in [-0.4, -0.2) is 23.2 Å². The average Bonchev–Trinajstić information content (AvgIpc) is 2.67. The molecule has 0 saturated carbocycles. The summed E-state index contributed by atoms with van der Waals surface area (Å²) in [5.41, 5.74) is 5.03. The van der Waals surface area contributed by atoms with Gasteiger partial charge < -0.3 is 15.6 Å². The number of alkyl halides is 3. The lowest BCUT2D eigenvalue weighted by Gasteiger charge is -2.30. The Bertz CT molecular complexity index is 370. The van der Waals surface area contributed by atoms with Gasteiger partial charge in [0, 0.05) is 0 Å². The van der Waals surface area contributed by atoms with E-state index in [1.165, 1.54) is 0 Å². The molecule has 8 heteroatoms. The molecule has 1 fully saturated rings. The Labute approximate surface area is 89.2 Å². The van der Waals surface area contributed by atoms with Crippen molar-refractivity contribution in [2.75, 3.05) is 13.1 Å². The number of nitrogens with one attached hydrogen (secondary N) is 1. The lowest BCUT2D eigenvalue weighted by molar-refractivity contribution is -0.159. The number of aromatic nitrogens is 2. The highest BCUT2D eigenvalue weighted by Gasteiger charge is 2.42. The topological polar surface area (TPSA) is 77.0 Å². The summed E-state index contributed by atoms with van der Waals surface area (Å²) in [6.45, 7) is 1.26. The minimum atomic E-state index is -4.62. The summed E-state index contributed by atoms with van der Waals surface area (Å²) in [7, 11) is 0. The summed E-state index contributed by atoms with van der Waals surface area (Å²) >= 11 is 0. The summed E-state index contributed by atoms with van der Waals surface area (Å²) in [6.07, 6.45) is -3.64. The van der Waals surface area contributed by atoms with Gasteiger partial charge in [-0.2, -0.15) is 18.2 Å². The van der Waals surface area contributed by atoms with Crippen molar-refractivity contribution in [2.24, 2.45) is 5.73 Å². The van der Waals surface area contributed by atoms with Crippen LogP contribution in [0.15, 0.2) is 4.52 Å². The molecule has 5 nitrogen and oxygen atoms in total. The fraction of sp³-hybridized carbons (Fsp3) is 0.750. The average molecular weight is 236 g/mol. The van der Waals surface area contributed by atoms with Gasteiger partial charge in [-0.1, -0.05) is 5.16 Å². The van der Waals surface area contributed by atoms with Gasteiger partial charge in [-0.15, -0.1) is 0 Å². The van der Waals surface area contributed by atoms with E-state index >= 15 is 0 Å². The quantitative estimate of drug-likeness (QED) is 0.747. The summed E-state index contributed by atoms with van der Waals surface area (Å²) in [6, 6.07) is 0. The Kier molecular flexibility index (Phi) is 2.62. The Hall–Kier alpha value is -1.15. The van der Waals surface area contributed by atoms with Crippen molar-refractivity contribution >= 4 is 0 Å². The second kappa shape index (κ2) is 3.70. The normalized spacial score (nSPS) is 21.0. The van der Waals surface area contributed by atoms with E-state index < -0.39 is 17.6 Å². The maximum Gasteiger partial charge on any atom is 0.471 e. The number of hydrogen-bond donors (Lipinski definition) is 2. The molecular weight excluding hydrogens is 225 g/mol. The van der Waals surface area contributed by atoms with Gasteiger partial charge in [0.25, 0.3) is 0 Å². The Balaban J connectivity index is 2.24. The van der Waals surface area contributed by atoms with Crippen LogP contribution in [0, 0.1) is 0 Å². The third kappa shape index (κ3) is 2.03. The molecule has 0 amide bonds. The van der Waals surface area contributed by atoms with Crippen LogP contribution in [0.3, 0.4) is 0 Å². The molecule has 1 aromatic heterocycles. The number of piperidine rings is 1. The third-order valence-corrected chi connectivity index (χ3v) is 2.61. The monoisotopic (exact) mass is 236 g/mol. The predicted molar refractivity (Wildman–Crippen MR) is 47.3 cm³/mol. The molecule has 0 radical (unpaired) electrons. The van der Waals surface area contributed by atoms with Gasteiger partial charge in [-0.3, -0.25) is 0 Å². The zero-order valence-electron chi connectivity index (χ0n) is 8.34. The van der Waals surface area contributed by atoms with Crippen LogP contribution in [0.4, 0.5) is 13.2 Å². The first-order chi connectivity index (χ1) is 7.42. The van der Waals surface area contributed by atoms with Crippen molar-refractivity contribution < 1.29 is 17.7 Å². The number of halogens is 3. The molecule has 1 saturated heterocycles. The van der Waals surface area contributed by atoms with E-state index in [0.29, 0.717) is 25.9 Å². The largest absolute Gasteiger partial charge is 0.471 e. The number of hydrogen-bond acceptors (Lipinski definition) is 5. The maximum absolute atomic E-state index is 12.2. The van der Waals surface area contributed by atoms with E-state index in [9.17, 15) is 13.2 Å².